The van der Waals surface area contributed by atoms with Gasteiger partial charge in [-0.05, 0) is 24.5 Å². The second kappa shape index (κ2) is 2.85. The lowest BCUT2D eigenvalue weighted by molar-refractivity contribution is 0.120. The highest BCUT2D eigenvalue weighted by atomic mass is 16.6. The van der Waals surface area contributed by atoms with Gasteiger partial charge in [0.05, 0.1) is 6.04 Å². The minimum Gasteiger partial charge on any atom is -0.465 e. The Hall–Kier alpha value is -1.29. The Kier molecular flexibility index (Phi) is 1.71. The maximum Gasteiger partial charge on any atom is 0.407 e. The molecule has 3 unspecified atom stereocenters. The average molecular weight is 207 g/mol. The minimum atomic E-state index is -0.836. The topological polar surface area (TPSA) is 53.1 Å². The van der Waals surface area contributed by atoms with Crippen molar-refractivity contribution >= 4 is 6.09 Å². The fraction of sp³-hybridized carbons (Fsp3) is 0.545. The maximum atomic E-state index is 11.1. The average Bonchev–Trinajstić information content (AvgIpc) is 2.93. The first-order chi connectivity index (χ1) is 7.24. The fourth-order valence-corrected chi connectivity index (χ4v) is 2.75. The SMILES string of the molecule is C/C=C1/C2=CCCN(C(=O)O)C2C2OC12. The Balaban J connectivity index is 1.99. The molecule has 0 aromatic carbocycles. The summed E-state index contributed by atoms with van der Waals surface area (Å²) in [6, 6.07) is -0.0487. The van der Waals surface area contributed by atoms with Gasteiger partial charge in [0, 0.05) is 6.54 Å². The molecule has 1 N–H and O–H groups in total. The molecule has 0 radical (unpaired) electrons. The van der Waals surface area contributed by atoms with Crippen LogP contribution in [0.3, 0.4) is 0 Å². The van der Waals surface area contributed by atoms with Crippen LogP contribution in [0.25, 0.3) is 0 Å². The van der Waals surface area contributed by atoms with Gasteiger partial charge in [0.15, 0.2) is 0 Å². The first-order valence-corrected chi connectivity index (χ1v) is 5.25. The molecule has 1 saturated heterocycles. The molecule has 3 aliphatic rings. The van der Waals surface area contributed by atoms with E-state index in [1.54, 1.807) is 0 Å². The zero-order valence-electron chi connectivity index (χ0n) is 8.51. The smallest absolute Gasteiger partial charge is 0.407 e. The predicted molar refractivity (Wildman–Crippen MR) is 53.6 cm³/mol. The lowest BCUT2D eigenvalue weighted by Crippen LogP contribution is -2.45. The van der Waals surface area contributed by atoms with Gasteiger partial charge in [0.25, 0.3) is 0 Å². The van der Waals surface area contributed by atoms with Crippen molar-refractivity contribution in [3.63, 3.8) is 0 Å². The van der Waals surface area contributed by atoms with Gasteiger partial charge in [-0.2, -0.15) is 0 Å². The Morgan fingerprint density at radius 1 is 1.73 bits per heavy atom. The van der Waals surface area contributed by atoms with Gasteiger partial charge >= 0.3 is 6.09 Å². The molecule has 2 fully saturated rings. The number of fused-ring (bicyclic) bond motifs is 3. The van der Waals surface area contributed by atoms with Gasteiger partial charge in [-0.15, -0.1) is 0 Å². The number of rotatable bonds is 0. The number of epoxide rings is 1. The van der Waals surface area contributed by atoms with Crippen molar-refractivity contribution in [2.24, 2.45) is 0 Å². The van der Waals surface area contributed by atoms with Crippen LogP contribution < -0.4 is 0 Å². The van der Waals surface area contributed by atoms with E-state index in [0.717, 1.165) is 6.42 Å². The molecule has 15 heavy (non-hydrogen) atoms. The molecule has 0 bridgehead atoms. The van der Waals surface area contributed by atoms with E-state index in [4.69, 9.17) is 9.84 Å². The van der Waals surface area contributed by atoms with Gasteiger partial charge in [0.1, 0.15) is 12.2 Å². The summed E-state index contributed by atoms with van der Waals surface area (Å²) < 4.78 is 5.49. The van der Waals surface area contributed by atoms with E-state index in [9.17, 15) is 4.79 Å². The van der Waals surface area contributed by atoms with Crippen molar-refractivity contribution < 1.29 is 14.6 Å². The van der Waals surface area contributed by atoms with E-state index < -0.39 is 6.09 Å². The lowest BCUT2D eigenvalue weighted by Gasteiger charge is -2.31. The lowest BCUT2D eigenvalue weighted by atomic mass is 9.99. The molecule has 0 spiro atoms. The Labute approximate surface area is 87.8 Å². The van der Waals surface area contributed by atoms with Gasteiger partial charge < -0.3 is 9.84 Å². The van der Waals surface area contributed by atoms with Gasteiger partial charge in [0.2, 0.25) is 0 Å². The zero-order valence-corrected chi connectivity index (χ0v) is 8.51. The monoisotopic (exact) mass is 207 g/mol. The molecule has 3 atom stereocenters. The van der Waals surface area contributed by atoms with Gasteiger partial charge in [-0.25, -0.2) is 4.79 Å². The highest BCUT2D eigenvalue weighted by Crippen LogP contribution is 2.49. The third-order valence-electron chi connectivity index (χ3n) is 3.42. The van der Waals surface area contributed by atoms with Crippen molar-refractivity contribution in [3.05, 3.63) is 23.3 Å². The van der Waals surface area contributed by atoms with Crippen LogP contribution in [0, 0.1) is 0 Å². The van der Waals surface area contributed by atoms with Gasteiger partial charge in [-0.1, -0.05) is 12.2 Å². The number of allylic oxidation sites excluding steroid dienone is 1. The molecule has 80 valence electrons. The summed E-state index contributed by atoms with van der Waals surface area (Å²) in [4.78, 5) is 12.6. The van der Waals surface area contributed by atoms with Crippen LogP contribution in [0.4, 0.5) is 4.79 Å². The summed E-state index contributed by atoms with van der Waals surface area (Å²) in [6.45, 7) is 2.57. The fourth-order valence-electron chi connectivity index (χ4n) is 2.75. The van der Waals surface area contributed by atoms with Crippen LogP contribution in [0.5, 0.6) is 0 Å². The van der Waals surface area contributed by atoms with E-state index in [1.807, 2.05) is 13.0 Å². The first-order valence-electron chi connectivity index (χ1n) is 5.25. The number of ether oxygens (including phenoxy) is 1. The minimum absolute atomic E-state index is 0.0487. The van der Waals surface area contributed by atoms with Crippen molar-refractivity contribution in [2.45, 2.75) is 31.6 Å². The molecule has 1 saturated carbocycles. The van der Waals surface area contributed by atoms with E-state index in [0.29, 0.717) is 6.54 Å². The normalized spacial score (nSPS) is 39.8. The van der Waals surface area contributed by atoms with Crippen molar-refractivity contribution in [1.82, 2.24) is 4.90 Å². The highest BCUT2D eigenvalue weighted by Gasteiger charge is 2.59. The molecule has 3 rings (SSSR count). The largest absolute Gasteiger partial charge is 0.465 e. The molecule has 4 nitrogen and oxygen atoms in total. The summed E-state index contributed by atoms with van der Waals surface area (Å²) in [5.74, 6) is 0. The number of hydrogen-bond acceptors (Lipinski definition) is 2. The molecule has 1 aliphatic carbocycles. The molecule has 2 heterocycles. The van der Waals surface area contributed by atoms with E-state index in [-0.39, 0.29) is 18.2 Å². The second-order valence-corrected chi connectivity index (χ2v) is 4.13. The Morgan fingerprint density at radius 3 is 3.20 bits per heavy atom. The summed E-state index contributed by atoms with van der Waals surface area (Å²) in [6.07, 6.45) is 4.42. The summed E-state index contributed by atoms with van der Waals surface area (Å²) in [7, 11) is 0. The maximum absolute atomic E-state index is 11.1. The predicted octanol–water partition coefficient (Wildman–Crippen LogP) is 1.39. The Bertz CT molecular complexity index is 385. The molecule has 0 aromatic rings. The standard InChI is InChI=1S/C11H13NO3/c1-2-6-7-4-3-5-12(11(13)14)8(7)10-9(6)15-10/h2,4,8-10H,3,5H2,1H3,(H,13,14)/b6-2-. The molecule has 1 amide bonds. The van der Waals surface area contributed by atoms with Crippen molar-refractivity contribution in [2.75, 3.05) is 6.54 Å². The first kappa shape index (κ1) is 8.97. The van der Waals surface area contributed by atoms with Crippen LogP contribution in [-0.2, 0) is 4.74 Å². The summed E-state index contributed by atoms with van der Waals surface area (Å²) >= 11 is 0. The number of hydrogen-bond donors (Lipinski definition) is 1. The second-order valence-electron chi connectivity index (χ2n) is 4.13. The summed E-state index contributed by atoms with van der Waals surface area (Å²) in [5.41, 5.74) is 2.36. The van der Waals surface area contributed by atoms with Crippen molar-refractivity contribution in [3.8, 4) is 0 Å². The number of nitrogens with zero attached hydrogens (tertiary/aromatic N) is 1. The van der Waals surface area contributed by atoms with Crippen LogP contribution in [-0.4, -0.2) is 40.9 Å². The van der Waals surface area contributed by atoms with E-state index in [2.05, 4.69) is 6.08 Å². The van der Waals surface area contributed by atoms with Crippen LogP contribution in [0.1, 0.15) is 13.3 Å². The summed E-state index contributed by atoms with van der Waals surface area (Å²) in [5, 5.41) is 9.10. The molecular formula is C11H13NO3. The highest BCUT2D eigenvalue weighted by molar-refractivity contribution is 5.69. The van der Waals surface area contributed by atoms with Crippen LogP contribution in [0.15, 0.2) is 23.3 Å². The molecule has 4 heteroatoms. The van der Waals surface area contributed by atoms with Gasteiger partial charge in [-0.3, -0.25) is 4.90 Å². The van der Waals surface area contributed by atoms with Crippen molar-refractivity contribution in [1.29, 1.82) is 0 Å². The van der Waals surface area contributed by atoms with Crippen LogP contribution >= 0.6 is 0 Å². The van der Waals surface area contributed by atoms with Crippen LogP contribution in [0.2, 0.25) is 0 Å². The molecule has 0 aromatic heterocycles. The number of carbonyl (C=O) groups is 1. The zero-order chi connectivity index (χ0) is 10.6. The number of carboxylic acid groups (broad SMARTS) is 1. The number of amides is 1. The third-order valence-corrected chi connectivity index (χ3v) is 3.42. The Morgan fingerprint density at radius 2 is 2.53 bits per heavy atom. The quantitative estimate of drug-likeness (QED) is 0.611. The third kappa shape index (κ3) is 1.08. The van der Waals surface area contributed by atoms with E-state index in [1.165, 1.54) is 16.0 Å². The van der Waals surface area contributed by atoms with E-state index >= 15 is 0 Å². The molecule has 2 aliphatic heterocycles. The molecular weight excluding hydrogens is 194 g/mol.